The second-order valence-electron chi connectivity index (χ2n) is 6.07. The number of rotatable bonds is 1. The fraction of sp³-hybridized carbons (Fsp3) is 0.316. The number of nitrogens with zero attached hydrogens (tertiary/aromatic N) is 1. The van der Waals surface area contributed by atoms with Gasteiger partial charge in [0.1, 0.15) is 6.10 Å². The Bertz CT molecular complexity index is 681. The highest BCUT2D eigenvalue weighted by molar-refractivity contribution is 5.85. The van der Waals surface area contributed by atoms with Crippen molar-refractivity contribution in [3.05, 3.63) is 59.7 Å². The third-order valence-electron chi connectivity index (χ3n) is 4.56. The fourth-order valence-corrected chi connectivity index (χ4v) is 3.39. The highest BCUT2D eigenvalue weighted by atomic mass is 35.5. The van der Waals surface area contributed by atoms with Gasteiger partial charge in [0.25, 0.3) is 5.91 Å². The van der Waals surface area contributed by atoms with Gasteiger partial charge >= 0.3 is 0 Å². The van der Waals surface area contributed by atoms with E-state index < -0.39 is 0 Å². The molecule has 2 heterocycles. The highest BCUT2D eigenvalue weighted by Crippen LogP contribution is 2.32. The lowest BCUT2D eigenvalue weighted by Crippen LogP contribution is -2.48. The van der Waals surface area contributed by atoms with Gasteiger partial charge in [0.2, 0.25) is 0 Å². The number of amides is 1. The molecule has 2 aromatic rings. The van der Waals surface area contributed by atoms with E-state index in [-0.39, 0.29) is 24.4 Å². The maximum absolute atomic E-state index is 12.9. The molecule has 2 aromatic carbocycles. The van der Waals surface area contributed by atoms with Crippen LogP contribution in [0.1, 0.15) is 11.1 Å². The molecule has 0 saturated carbocycles. The Labute approximate surface area is 148 Å². The lowest BCUT2D eigenvalue weighted by atomic mass is 9.97. The third kappa shape index (κ3) is 3.18. The minimum Gasteiger partial charge on any atom is -0.366 e. The molecule has 1 unspecified atom stereocenters. The minimum atomic E-state index is -0.374. The summed E-state index contributed by atoms with van der Waals surface area (Å²) in [4.78, 5) is 14.8. The number of halogens is 1. The second kappa shape index (κ2) is 7.34. The zero-order valence-electron chi connectivity index (χ0n) is 13.4. The first-order valence-electron chi connectivity index (χ1n) is 8.10. The van der Waals surface area contributed by atoms with E-state index in [0.29, 0.717) is 26.2 Å². The molecule has 2 aliphatic rings. The van der Waals surface area contributed by atoms with Crippen molar-refractivity contribution in [1.29, 1.82) is 0 Å². The fourth-order valence-electron chi connectivity index (χ4n) is 3.39. The van der Waals surface area contributed by atoms with Crippen LogP contribution in [0.4, 0.5) is 0 Å². The molecule has 0 aliphatic carbocycles. The van der Waals surface area contributed by atoms with Crippen molar-refractivity contribution >= 4 is 18.3 Å². The number of benzene rings is 2. The zero-order valence-corrected chi connectivity index (χ0v) is 14.2. The van der Waals surface area contributed by atoms with Crippen molar-refractivity contribution in [2.75, 3.05) is 19.7 Å². The molecule has 0 spiro atoms. The van der Waals surface area contributed by atoms with Crippen LogP contribution >= 0.6 is 12.4 Å². The van der Waals surface area contributed by atoms with Crippen molar-refractivity contribution in [1.82, 2.24) is 10.2 Å². The Morgan fingerprint density at radius 1 is 1.00 bits per heavy atom. The molecule has 0 aromatic heterocycles. The first-order valence-corrected chi connectivity index (χ1v) is 8.10. The summed E-state index contributed by atoms with van der Waals surface area (Å²) in [7, 11) is 0. The Hall–Kier alpha value is -1.88. The molecule has 1 amide bonds. The molecule has 1 fully saturated rings. The topological polar surface area (TPSA) is 41.6 Å². The maximum Gasteiger partial charge on any atom is 0.253 e. The predicted molar refractivity (Wildman–Crippen MR) is 96.0 cm³/mol. The van der Waals surface area contributed by atoms with Gasteiger partial charge in [-0.3, -0.25) is 4.79 Å². The van der Waals surface area contributed by atoms with E-state index in [9.17, 15) is 4.79 Å². The summed E-state index contributed by atoms with van der Waals surface area (Å²) in [6.07, 6.45) is -0.374. The van der Waals surface area contributed by atoms with E-state index in [2.05, 4.69) is 41.7 Å². The average Bonchev–Trinajstić information content (AvgIpc) is 2.79. The van der Waals surface area contributed by atoms with Gasteiger partial charge in [-0.15, -0.1) is 12.4 Å². The minimum absolute atomic E-state index is 0. The molecule has 1 atom stereocenters. The molecule has 1 saturated heterocycles. The standard InChI is InChI=1S/C19H20N2O2.ClH/c22-19(18-11-20-9-10-23-18)21-12-14-5-1-3-7-16(14)17-8-4-2-6-15(17)13-21;/h1-8,18,20H,9-13H2;1H. The Morgan fingerprint density at radius 2 is 1.58 bits per heavy atom. The van der Waals surface area contributed by atoms with Crippen LogP contribution in [0.15, 0.2) is 48.5 Å². The van der Waals surface area contributed by atoms with Gasteiger partial charge in [-0.2, -0.15) is 0 Å². The summed E-state index contributed by atoms with van der Waals surface area (Å²) in [6.45, 7) is 3.26. The van der Waals surface area contributed by atoms with Crippen LogP contribution in [-0.4, -0.2) is 36.6 Å². The van der Waals surface area contributed by atoms with E-state index >= 15 is 0 Å². The highest BCUT2D eigenvalue weighted by Gasteiger charge is 2.29. The number of nitrogens with one attached hydrogen (secondary N) is 1. The SMILES string of the molecule is Cl.O=C(C1CNCCO1)N1Cc2ccccc2-c2ccccc2C1. The number of carbonyl (C=O) groups is 1. The maximum atomic E-state index is 12.9. The summed E-state index contributed by atoms with van der Waals surface area (Å²) in [5.41, 5.74) is 4.83. The Balaban J connectivity index is 0.00000169. The van der Waals surface area contributed by atoms with Crippen molar-refractivity contribution in [3.8, 4) is 11.1 Å². The summed E-state index contributed by atoms with van der Waals surface area (Å²) < 4.78 is 5.66. The van der Waals surface area contributed by atoms with Gasteiger partial charge in [-0.05, 0) is 22.3 Å². The lowest BCUT2D eigenvalue weighted by Gasteiger charge is -2.29. The molecule has 0 bridgehead atoms. The number of morpholine rings is 1. The summed E-state index contributed by atoms with van der Waals surface area (Å²) >= 11 is 0. The van der Waals surface area contributed by atoms with E-state index in [1.165, 1.54) is 22.3 Å². The van der Waals surface area contributed by atoms with Crippen LogP contribution in [0.3, 0.4) is 0 Å². The lowest BCUT2D eigenvalue weighted by molar-refractivity contribution is -0.146. The molecule has 1 N–H and O–H groups in total. The van der Waals surface area contributed by atoms with Crippen LogP contribution < -0.4 is 5.32 Å². The van der Waals surface area contributed by atoms with Crippen LogP contribution in [0.2, 0.25) is 0 Å². The number of hydrogen-bond donors (Lipinski definition) is 1. The van der Waals surface area contributed by atoms with Crippen molar-refractivity contribution in [3.63, 3.8) is 0 Å². The molecule has 126 valence electrons. The zero-order chi connectivity index (χ0) is 15.6. The van der Waals surface area contributed by atoms with E-state index in [1.807, 2.05) is 17.0 Å². The molecule has 24 heavy (non-hydrogen) atoms. The summed E-state index contributed by atoms with van der Waals surface area (Å²) in [5, 5.41) is 3.24. The number of ether oxygens (including phenoxy) is 1. The van der Waals surface area contributed by atoms with Crippen molar-refractivity contribution in [2.45, 2.75) is 19.2 Å². The first-order chi connectivity index (χ1) is 11.3. The molecule has 0 radical (unpaired) electrons. The van der Waals surface area contributed by atoms with Gasteiger partial charge in [-0.25, -0.2) is 0 Å². The van der Waals surface area contributed by atoms with Gasteiger partial charge in [0.05, 0.1) is 6.61 Å². The largest absolute Gasteiger partial charge is 0.366 e. The molecule has 2 aliphatic heterocycles. The molecular weight excluding hydrogens is 324 g/mol. The van der Waals surface area contributed by atoms with Crippen LogP contribution in [0, 0.1) is 0 Å². The van der Waals surface area contributed by atoms with Crippen LogP contribution in [0.5, 0.6) is 0 Å². The second-order valence-corrected chi connectivity index (χ2v) is 6.07. The molecule has 4 rings (SSSR count). The smallest absolute Gasteiger partial charge is 0.253 e. The molecule has 5 heteroatoms. The van der Waals surface area contributed by atoms with Crippen LogP contribution in [0.25, 0.3) is 11.1 Å². The average molecular weight is 345 g/mol. The monoisotopic (exact) mass is 344 g/mol. The van der Waals surface area contributed by atoms with Crippen LogP contribution in [-0.2, 0) is 22.6 Å². The Morgan fingerprint density at radius 3 is 2.12 bits per heavy atom. The number of carbonyl (C=O) groups excluding carboxylic acids is 1. The van der Waals surface area contributed by atoms with Gasteiger partial charge in [-0.1, -0.05) is 48.5 Å². The van der Waals surface area contributed by atoms with Gasteiger partial charge < -0.3 is 15.0 Å². The Kier molecular flexibility index (Phi) is 5.19. The normalized spacial score (nSPS) is 19.5. The molecule has 4 nitrogen and oxygen atoms in total. The van der Waals surface area contributed by atoms with Crippen molar-refractivity contribution in [2.24, 2.45) is 0 Å². The molecular formula is C19H21ClN2O2. The predicted octanol–water partition coefficient (Wildman–Crippen LogP) is 2.61. The quantitative estimate of drug-likeness (QED) is 0.864. The third-order valence-corrected chi connectivity index (χ3v) is 4.56. The number of hydrogen-bond acceptors (Lipinski definition) is 3. The first kappa shape index (κ1) is 17.0. The van der Waals surface area contributed by atoms with Crippen molar-refractivity contribution < 1.29 is 9.53 Å². The van der Waals surface area contributed by atoms with E-state index in [4.69, 9.17) is 4.74 Å². The number of fused-ring (bicyclic) bond motifs is 3. The van der Waals surface area contributed by atoms with E-state index in [0.717, 1.165) is 6.54 Å². The van der Waals surface area contributed by atoms with E-state index in [1.54, 1.807) is 0 Å². The summed E-state index contributed by atoms with van der Waals surface area (Å²) in [5.74, 6) is 0.0729. The van der Waals surface area contributed by atoms with Gasteiger partial charge in [0, 0.05) is 26.2 Å². The van der Waals surface area contributed by atoms with Gasteiger partial charge in [0.15, 0.2) is 0 Å². The summed E-state index contributed by atoms with van der Waals surface area (Å²) in [6, 6.07) is 16.7.